The van der Waals surface area contributed by atoms with Crippen molar-refractivity contribution in [3.8, 4) is 0 Å². The third kappa shape index (κ3) is 2.13. The van der Waals surface area contributed by atoms with Crippen LogP contribution in [0.4, 0.5) is 4.79 Å². The van der Waals surface area contributed by atoms with E-state index >= 15 is 0 Å². The molecule has 3 nitrogen and oxygen atoms in total. The zero-order valence-electron chi connectivity index (χ0n) is 8.26. The molecule has 70 valence electrons. The van der Waals surface area contributed by atoms with Gasteiger partial charge in [0.1, 0.15) is 6.61 Å². The van der Waals surface area contributed by atoms with E-state index in [4.69, 9.17) is 4.74 Å². The second-order valence-corrected chi connectivity index (χ2v) is 4.61. The first-order chi connectivity index (χ1) is 5.40. The van der Waals surface area contributed by atoms with E-state index in [1.54, 1.807) is 4.90 Å². The molecule has 1 fully saturated rings. The number of amides is 1. The smallest absolute Gasteiger partial charge is 0.410 e. The summed E-state index contributed by atoms with van der Waals surface area (Å²) in [6.45, 7) is 9.67. The SMILES string of the molecule is C[C@H]1COC(=O)N1CC(C)(C)C. The molecule has 0 spiro atoms. The van der Waals surface area contributed by atoms with Gasteiger partial charge in [0.25, 0.3) is 0 Å². The van der Waals surface area contributed by atoms with Gasteiger partial charge in [-0.3, -0.25) is 0 Å². The van der Waals surface area contributed by atoms with Gasteiger partial charge in [0.15, 0.2) is 0 Å². The van der Waals surface area contributed by atoms with Crippen LogP contribution in [0.15, 0.2) is 0 Å². The van der Waals surface area contributed by atoms with Crippen molar-refractivity contribution in [2.24, 2.45) is 5.41 Å². The Hall–Kier alpha value is -0.730. The number of nitrogens with zero attached hydrogens (tertiary/aromatic N) is 1. The zero-order valence-corrected chi connectivity index (χ0v) is 8.26. The van der Waals surface area contributed by atoms with E-state index in [-0.39, 0.29) is 17.6 Å². The number of carbonyl (C=O) groups excluding carboxylic acids is 1. The Labute approximate surface area is 73.7 Å². The van der Waals surface area contributed by atoms with Gasteiger partial charge in [-0.15, -0.1) is 0 Å². The standard InChI is InChI=1S/C9H17NO2/c1-7-5-12-8(11)10(7)6-9(2,3)4/h7H,5-6H2,1-4H3/t7-/m0/s1. The van der Waals surface area contributed by atoms with Crippen LogP contribution in [0.5, 0.6) is 0 Å². The maximum absolute atomic E-state index is 11.2. The van der Waals surface area contributed by atoms with Gasteiger partial charge in [-0.05, 0) is 12.3 Å². The molecule has 0 aromatic carbocycles. The van der Waals surface area contributed by atoms with Gasteiger partial charge in [-0.2, -0.15) is 0 Å². The number of rotatable bonds is 1. The predicted molar refractivity (Wildman–Crippen MR) is 47.0 cm³/mol. The highest BCUT2D eigenvalue weighted by molar-refractivity contribution is 5.70. The molecule has 3 heteroatoms. The summed E-state index contributed by atoms with van der Waals surface area (Å²) in [5.74, 6) is 0. The minimum Gasteiger partial charge on any atom is -0.447 e. The van der Waals surface area contributed by atoms with E-state index in [2.05, 4.69) is 20.8 Å². The van der Waals surface area contributed by atoms with E-state index in [0.29, 0.717) is 6.61 Å². The second-order valence-electron chi connectivity index (χ2n) is 4.61. The number of carbonyl (C=O) groups is 1. The summed E-state index contributed by atoms with van der Waals surface area (Å²) in [6.07, 6.45) is -0.169. The summed E-state index contributed by atoms with van der Waals surface area (Å²) >= 11 is 0. The van der Waals surface area contributed by atoms with E-state index < -0.39 is 0 Å². The van der Waals surface area contributed by atoms with Crippen molar-refractivity contribution in [2.75, 3.05) is 13.2 Å². The van der Waals surface area contributed by atoms with E-state index in [1.807, 2.05) is 6.92 Å². The first-order valence-electron chi connectivity index (χ1n) is 4.33. The van der Waals surface area contributed by atoms with Crippen LogP contribution in [-0.4, -0.2) is 30.2 Å². The number of ether oxygens (including phenoxy) is 1. The van der Waals surface area contributed by atoms with Crippen LogP contribution in [0.3, 0.4) is 0 Å². The summed E-state index contributed by atoms with van der Waals surface area (Å²) in [5, 5.41) is 0. The van der Waals surface area contributed by atoms with Crippen LogP contribution in [0.25, 0.3) is 0 Å². The Morgan fingerprint density at radius 1 is 1.58 bits per heavy atom. The van der Waals surface area contributed by atoms with Crippen LogP contribution < -0.4 is 0 Å². The molecule has 0 bridgehead atoms. The number of hydrogen-bond acceptors (Lipinski definition) is 2. The normalized spacial score (nSPS) is 24.5. The molecular weight excluding hydrogens is 154 g/mol. The fourth-order valence-electron chi connectivity index (χ4n) is 1.28. The molecule has 0 radical (unpaired) electrons. The van der Waals surface area contributed by atoms with Crippen LogP contribution in [0.2, 0.25) is 0 Å². The monoisotopic (exact) mass is 171 g/mol. The molecule has 1 saturated heterocycles. The predicted octanol–water partition coefficient (Wildman–Crippen LogP) is 1.87. The van der Waals surface area contributed by atoms with Crippen LogP contribution in [0, 0.1) is 5.41 Å². The third-order valence-corrected chi connectivity index (χ3v) is 1.86. The Balaban J connectivity index is 2.56. The molecule has 0 aliphatic carbocycles. The maximum Gasteiger partial charge on any atom is 0.410 e. The molecule has 12 heavy (non-hydrogen) atoms. The number of hydrogen-bond donors (Lipinski definition) is 0. The van der Waals surface area contributed by atoms with Gasteiger partial charge in [0, 0.05) is 6.54 Å². The van der Waals surface area contributed by atoms with Gasteiger partial charge in [-0.1, -0.05) is 20.8 Å². The molecule has 0 aromatic rings. The highest BCUT2D eigenvalue weighted by Crippen LogP contribution is 2.20. The molecule has 1 amide bonds. The lowest BCUT2D eigenvalue weighted by molar-refractivity contribution is 0.145. The lowest BCUT2D eigenvalue weighted by Gasteiger charge is -2.27. The van der Waals surface area contributed by atoms with Crippen molar-refractivity contribution in [1.29, 1.82) is 0 Å². The maximum atomic E-state index is 11.2. The van der Waals surface area contributed by atoms with Crippen molar-refractivity contribution in [3.63, 3.8) is 0 Å². The lowest BCUT2D eigenvalue weighted by Crippen LogP contribution is -2.38. The molecule has 0 saturated carbocycles. The first-order valence-corrected chi connectivity index (χ1v) is 4.33. The summed E-state index contributed by atoms with van der Waals surface area (Å²) in [5.41, 5.74) is 0.150. The Morgan fingerprint density at radius 3 is 2.50 bits per heavy atom. The topological polar surface area (TPSA) is 29.5 Å². The highest BCUT2D eigenvalue weighted by Gasteiger charge is 2.32. The van der Waals surface area contributed by atoms with Crippen LogP contribution in [0.1, 0.15) is 27.7 Å². The third-order valence-electron chi connectivity index (χ3n) is 1.86. The van der Waals surface area contributed by atoms with Crippen LogP contribution >= 0.6 is 0 Å². The molecule has 1 atom stereocenters. The summed E-state index contributed by atoms with van der Waals surface area (Å²) in [6, 6.07) is 0.233. The van der Waals surface area contributed by atoms with Crippen molar-refractivity contribution in [3.05, 3.63) is 0 Å². The summed E-state index contributed by atoms with van der Waals surface area (Å²) < 4.78 is 4.91. The zero-order chi connectivity index (χ0) is 9.35. The van der Waals surface area contributed by atoms with Gasteiger partial charge in [-0.25, -0.2) is 4.79 Å². The molecule has 1 aliphatic heterocycles. The van der Waals surface area contributed by atoms with E-state index in [1.165, 1.54) is 0 Å². The van der Waals surface area contributed by atoms with Gasteiger partial charge in [0.2, 0.25) is 0 Å². The first kappa shape index (κ1) is 9.36. The van der Waals surface area contributed by atoms with E-state index in [0.717, 1.165) is 6.54 Å². The van der Waals surface area contributed by atoms with Gasteiger partial charge >= 0.3 is 6.09 Å². The van der Waals surface area contributed by atoms with Gasteiger partial charge < -0.3 is 9.64 Å². The molecule has 1 rings (SSSR count). The molecule has 1 heterocycles. The van der Waals surface area contributed by atoms with E-state index in [9.17, 15) is 4.79 Å². The Bertz CT molecular complexity index is 183. The van der Waals surface area contributed by atoms with Crippen molar-refractivity contribution in [1.82, 2.24) is 4.90 Å². The van der Waals surface area contributed by atoms with Gasteiger partial charge in [0.05, 0.1) is 6.04 Å². The number of cyclic esters (lactones) is 1. The molecular formula is C9H17NO2. The Kier molecular flexibility index (Phi) is 2.31. The summed E-state index contributed by atoms with van der Waals surface area (Å²) in [4.78, 5) is 13.0. The summed E-state index contributed by atoms with van der Waals surface area (Å²) in [7, 11) is 0. The second kappa shape index (κ2) is 2.96. The van der Waals surface area contributed by atoms with Crippen molar-refractivity contribution in [2.45, 2.75) is 33.7 Å². The minimum atomic E-state index is -0.169. The molecule has 1 aliphatic rings. The van der Waals surface area contributed by atoms with Crippen LogP contribution in [-0.2, 0) is 4.74 Å². The molecule has 0 N–H and O–H groups in total. The molecule has 0 unspecified atom stereocenters. The highest BCUT2D eigenvalue weighted by atomic mass is 16.6. The fraction of sp³-hybridized carbons (Fsp3) is 0.889. The quantitative estimate of drug-likeness (QED) is 0.602. The average molecular weight is 171 g/mol. The Morgan fingerprint density at radius 2 is 2.17 bits per heavy atom. The largest absolute Gasteiger partial charge is 0.447 e. The molecule has 0 aromatic heterocycles. The minimum absolute atomic E-state index is 0.150. The van der Waals surface area contributed by atoms with Crippen molar-refractivity contribution >= 4 is 6.09 Å². The fourth-order valence-corrected chi connectivity index (χ4v) is 1.28. The van der Waals surface area contributed by atoms with Crippen molar-refractivity contribution < 1.29 is 9.53 Å². The average Bonchev–Trinajstić information content (AvgIpc) is 2.16. The lowest BCUT2D eigenvalue weighted by atomic mass is 9.96.